The van der Waals surface area contributed by atoms with Crippen LogP contribution in [0.1, 0.15) is 21.6 Å². The number of nitrogen functional groups attached to an aromatic ring is 1. The molecule has 2 rings (SSSR count). The average Bonchev–Trinajstić information content (AvgIpc) is 2.79. The number of thiazole rings is 1. The van der Waals surface area contributed by atoms with Crippen molar-refractivity contribution in [2.24, 2.45) is 0 Å². The standard InChI is InChI=1S/C12H13N3OS/c1-8-3-2-4-10(13)11(8)12(16)14-5-9-6-17-7-15-9/h2-4,6-7H,5,13H2,1H3,(H,14,16). The first kappa shape index (κ1) is 11.6. The summed E-state index contributed by atoms with van der Waals surface area (Å²) in [5.74, 6) is -0.159. The third-order valence-electron chi connectivity index (χ3n) is 2.45. The van der Waals surface area contributed by atoms with E-state index in [9.17, 15) is 4.79 Å². The quantitative estimate of drug-likeness (QED) is 0.815. The van der Waals surface area contributed by atoms with E-state index in [1.165, 1.54) is 11.3 Å². The molecule has 88 valence electrons. The second-order valence-electron chi connectivity index (χ2n) is 3.70. The van der Waals surface area contributed by atoms with Gasteiger partial charge in [0.05, 0.1) is 23.3 Å². The highest BCUT2D eigenvalue weighted by Gasteiger charge is 2.12. The van der Waals surface area contributed by atoms with Crippen molar-refractivity contribution in [1.82, 2.24) is 10.3 Å². The van der Waals surface area contributed by atoms with Gasteiger partial charge in [0.1, 0.15) is 0 Å². The Balaban J connectivity index is 2.10. The van der Waals surface area contributed by atoms with Crippen molar-refractivity contribution in [3.05, 3.63) is 45.9 Å². The first-order valence-corrected chi connectivity index (χ1v) is 6.13. The van der Waals surface area contributed by atoms with Gasteiger partial charge < -0.3 is 11.1 Å². The fraction of sp³-hybridized carbons (Fsp3) is 0.167. The minimum absolute atomic E-state index is 0.159. The molecule has 0 aliphatic rings. The molecule has 4 nitrogen and oxygen atoms in total. The molecule has 0 atom stereocenters. The van der Waals surface area contributed by atoms with Gasteiger partial charge in [-0.15, -0.1) is 11.3 Å². The van der Waals surface area contributed by atoms with Gasteiger partial charge in [0.25, 0.3) is 5.91 Å². The summed E-state index contributed by atoms with van der Waals surface area (Å²) in [6.07, 6.45) is 0. The number of nitrogens with zero attached hydrogens (tertiary/aromatic N) is 1. The van der Waals surface area contributed by atoms with E-state index in [4.69, 9.17) is 5.73 Å². The lowest BCUT2D eigenvalue weighted by Gasteiger charge is -2.09. The van der Waals surface area contributed by atoms with Crippen LogP contribution in [-0.4, -0.2) is 10.9 Å². The van der Waals surface area contributed by atoms with Gasteiger partial charge in [-0.3, -0.25) is 4.79 Å². The van der Waals surface area contributed by atoms with Crippen LogP contribution in [0.2, 0.25) is 0 Å². The van der Waals surface area contributed by atoms with Crippen LogP contribution in [0, 0.1) is 6.92 Å². The molecule has 0 bridgehead atoms. The van der Waals surface area contributed by atoms with Crippen molar-refractivity contribution in [2.45, 2.75) is 13.5 Å². The van der Waals surface area contributed by atoms with E-state index in [0.717, 1.165) is 11.3 Å². The number of benzene rings is 1. The number of rotatable bonds is 3. The topological polar surface area (TPSA) is 68.0 Å². The van der Waals surface area contributed by atoms with Crippen LogP contribution < -0.4 is 11.1 Å². The van der Waals surface area contributed by atoms with E-state index >= 15 is 0 Å². The zero-order valence-corrected chi connectivity index (χ0v) is 10.3. The van der Waals surface area contributed by atoms with Crippen LogP contribution in [0.5, 0.6) is 0 Å². The molecule has 0 aliphatic heterocycles. The molecule has 1 aromatic heterocycles. The molecule has 3 N–H and O–H groups in total. The molecule has 0 fully saturated rings. The van der Waals surface area contributed by atoms with Crippen molar-refractivity contribution in [3.8, 4) is 0 Å². The van der Waals surface area contributed by atoms with Crippen LogP contribution in [0.15, 0.2) is 29.1 Å². The molecule has 1 amide bonds. The summed E-state index contributed by atoms with van der Waals surface area (Å²) in [5.41, 5.74) is 10.3. The number of hydrogen-bond donors (Lipinski definition) is 2. The lowest BCUT2D eigenvalue weighted by atomic mass is 10.1. The maximum Gasteiger partial charge on any atom is 0.253 e. The Kier molecular flexibility index (Phi) is 3.39. The summed E-state index contributed by atoms with van der Waals surface area (Å²) < 4.78 is 0. The lowest BCUT2D eigenvalue weighted by Crippen LogP contribution is -2.24. The predicted molar refractivity (Wildman–Crippen MR) is 68.9 cm³/mol. The summed E-state index contributed by atoms with van der Waals surface area (Å²) in [6, 6.07) is 5.43. The second-order valence-corrected chi connectivity index (χ2v) is 4.42. The number of aromatic nitrogens is 1. The Morgan fingerprint density at radius 2 is 2.35 bits per heavy atom. The van der Waals surface area contributed by atoms with Gasteiger partial charge in [-0.1, -0.05) is 12.1 Å². The second kappa shape index (κ2) is 4.97. The van der Waals surface area contributed by atoms with Gasteiger partial charge >= 0.3 is 0 Å². The number of anilines is 1. The molecule has 17 heavy (non-hydrogen) atoms. The maximum absolute atomic E-state index is 12.0. The van der Waals surface area contributed by atoms with Crippen LogP contribution >= 0.6 is 11.3 Å². The van der Waals surface area contributed by atoms with E-state index in [1.807, 2.05) is 24.4 Å². The van der Waals surface area contributed by atoms with Crippen LogP contribution in [0.4, 0.5) is 5.69 Å². The molecule has 0 aliphatic carbocycles. The molecule has 0 radical (unpaired) electrons. The monoisotopic (exact) mass is 247 g/mol. The largest absolute Gasteiger partial charge is 0.398 e. The first-order chi connectivity index (χ1) is 8.18. The summed E-state index contributed by atoms with van der Waals surface area (Å²) in [7, 11) is 0. The number of nitrogens with one attached hydrogen (secondary N) is 1. The molecule has 5 heteroatoms. The predicted octanol–water partition coefficient (Wildman–Crippen LogP) is 1.96. The number of nitrogens with two attached hydrogens (primary N) is 1. The zero-order valence-electron chi connectivity index (χ0n) is 9.43. The van der Waals surface area contributed by atoms with Gasteiger partial charge in [0.2, 0.25) is 0 Å². The third-order valence-corrected chi connectivity index (χ3v) is 3.08. The Morgan fingerprint density at radius 3 is 3.00 bits per heavy atom. The minimum atomic E-state index is -0.159. The van der Waals surface area contributed by atoms with Crippen molar-refractivity contribution in [3.63, 3.8) is 0 Å². The summed E-state index contributed by atoms with van der Waals surface area (Å²) in [4.78, 5) is 16.1. The smallest absolute Gasteiger partial charge is 0.253 e. The van der Waals surface area contributed by atoms with Gasteiger partial charge in [-0.25, -0.2) is 4.98 Å². The van der Waals surface area contributed by atoms with Gasteiger partial charge in [-0.2, -0.15) is 0 Å². The molecule has 0 unspecified atom stereocenters. The Bertz CT molecular complexity index is 502. The van der Waals surface area contributed by atoms with E-state index < -0.39 is 0 Å². The summed E-state index contributed by atoms with van der Waals surface area (Å²) in [6.45, 7) is 2.30. The molecule has 2 aromatic rings. The molecule has 1 aromatic carbocycles. The SMILES string of the molecule is Cc1cccc(N)c1C(=O)NCc1cscn1. The van der Waals surface area contributed by atoms with Gasteiger partial charge in [-0.05, 0) is 18.6 Å². The highest BCUT2D eigenvalue weighted by Crippen LogP contribution is 2.16. The van der Waals surface area contributed by atoms with Crippen molar-refractivity contribution < 1.29 is 4.79 Å². The first-order valence-electron chi connectivity index (χ1n) is 5.19. The third kappa shape index (κ3) is 2.62. The van der Waals surface area contributed by atoms with E-state index in [1.54, 1.807) is 11.6 Å². The fourth-order valence-electron chi connectivity index (χ4n) is 1.58. The number of carbonyl (C=O) groups is 1. The van der Waals surface area contributed by atoms with Crippen molar-refractivity contribution >= 4 is 22.9 Å². The molecule has 0 spiro atoms. The average molecular weight is 247 g/mol. The molecular weight excluding hydrogens is 234 g/mol. The molecule has 0 saturated heterocycles. The van der Waals surface area contributed by atoms with Crippen LogP contribution in [-0.2, 0) is 6.54 Å². The highest BCUT2D eigenvalue weighted by molar-refractivity contribution is 7.07. The van der Waals surface area contributed by atoms with E-state index in [2.05, 4.69) is 10.3 Å². The number of carbonyl (C=O) groups excluding carboxylic acids is 1. The fourth-order valence-corrected chi connectivity index (χ4v) is 2.14. The van der Waals surface area contributed by atoms with E-state index in [-0.39, 0.29) is 5.91 Å². The Labute approximate surface area is 103 Å². The molecular formula is C12H13N3OS. The molecule has 0 saturated carbocycles. The number of amides is 1. The summed E-state index contributed by atoms with van der Waals surface area (Å²) >= 11 is 1.51. The normalized spacial score (nSPS) is 10.2. The summed E-state index contributed by atoms with van der Waals surface area (Å²) in [5, 5.41) is 4.71. The lowest BCUT2D eigenvalue weighted by molar-refractivity contribution is 0.0951. The van der Waals surface area contributed by atoms with Crippen LogP contribution in [0.25, 0.3) is 0 Å². The highest BCUT2D eigenvalue weighted by atomic mass is 32.1. The number of aryl methyl sites for hydroxylation is 1. The Morgan fingerprint density at radius 1 is 1.53 bits per heavy atom. The maximum atomic E-state index is 12.0. The van der Waals surface area contributed by atoms with Gasteiger partial charge in [0.15, 0.2) is 0 Å². The van der Waals surface area contributed by atoms with Gasteiger partial charge in [0, 0.05) is 11.1 Å². The van der Waals surface area contributed by atoms with Crippen molar-refractivity contribution in [1.29, 1.82) is 0 Å². The van der Waals surface area contributed by atoms with E-state index in [0.29, 0.717) is 17.8 Å². The minimum Gasteiger partial charge on any atom is -0.398 e. The Hall–Kier alpha value is -1.88. The number of hydrogen-bond acceptors (Lipinski definition) is 4. The zero-order chi connectivity index (χ0) is 12.3. The molecule has 1 heterocycles. The van der Waals surface area contributed by atoms with Crippen LogP contribution in [0.3, 0.4) is 0 Å². The van der Waals surface area contributed by atoms with Crippen molar-refractivity contribution in [2.75, 3.05) is 5.73 Å².